The van der Waals surface area contributed by atoms with Gasteiger partial charge in [0, 0.05) is 12.3 Å². The molecule has 4 aliphatic carbocycles. The SMILES string of the molecule is C[C@@H]1CC[C@@]2(OC1)O[C@H]1CC3C4CCC5CC(O[C@@H]6O[C@H](C)[C@H](O)[C@H](O)[C@H]6O)CC[C@]5(C)C4CC[C@]3(C)[C@H]1[C@@H]2C. The zero-order chi connectivity index (χ0) is 28.2. The summed E-state index contributed by atoms with van der Waals surface area (Å²) in [6.45, 7) is 12.5. The number of aliphatic hydroxyl groups excluding tert-OH is 3. The zero-order valence-corrected chi connectivity index (χ0v) is 25.3. The van der Waals surface area contributed by atoms with Crippen LogP contribution in [0.4, 0.5) is 0 Å². The Morgan fingerprint density at radius 2 is 1.55 bits per heavy atom. The number of fused-ring (bicyclic) bond motifs is 7. The van der Waals surface area contributed by atoms with Gasteiger partial charge in [-0.15, -0.1) is 0 Å². The van der Waals surface area contributed by atoms with Crippen molar-refractivity contribution in [2.75, 3.05) is 6.61 Å². The van der Waals surface area contributed by atoms with Gasteiger partial charge < -0.3 is 34.3 Å². The second-order valence-electron chi connectivity index (χ2n) is 15.9. The highest BCUT2D eigenvalue weighted by molar-refractivity contribution is 5.15. The second kappa shape index (κ2) is 9.87. The van der Waals surface area contributed by atoms with E-state index in [9.17, 15) is 15.3 Å². The predicted octanol–water partition coefficient (Wildman–Crippen LogP) is 4.65. The summed E-state index contributed by atoms with van der Waals surface area (Å²) in [5, 5.41) is 30.8. The van der Waals surface area contributed by atoms with Crippen molar-refractivity contribution in [2.24, 2.45) is 52.3 Å². The molecule has 0 aromatic heterocycles. The molecule has 0 bridgehead atoms. The third-order valence-corrected chi connectivity index (χ3v) is 14.0. The van der Waals surface area contributed by atoms with Crippen LogP contribution in [0, 0.1) is 52.3 Å². The van der Waals surface area contributed by atoms with E-state index in [0.717, 1.165) is 50.0 Å². The van der Waals surface area contributed by atoms with Gasteiger partial charge in [-0.25, -0.2) is 0 Å². The van der Waals surface area contributed by atoms with Crippen molar-refractivity contribution in [2.45, 2.75) is 148 Å². The average molecular weight is 563 g/mol. The molecule has 5 unspecified atom stereocenters. The highest BCUT2D eigenvalue weighted by Crippen LogP contribution is 2.71. The Morgan fingerprint density at radius 1 is 0.775 bits per heavy atom. The van der Waals surface area contributed by atoms with Crippen molar-refractivity contribution in [1.29, 1.82) is 0 Å². The van der Waals surface area contributed by atoms with Gasteiger partial charge in [-0.1, -0.05) is 27.7 Å². The fraction of sp³-hybridized carbons (Fsp3) is 1.00. The molecule has 3 aliphatic heterocycles. The van der Waals surface area contributed by atoms with Gasteiger partial charge in [-0.05, 0) is 111 Å². The monoisotopic (exact) mass is 562 g/mol. The summed E-state index contributed by atoms with van der Waals surface area (Å²) < 4.78 is 25.5. The van der Waals surface area contributed by atoms with E-state index in [1.54, 1.807) is 6.92 Å². The van der Waals surface area contributed by atoms with Crippen molar-refractivity contribution in [3.8, 4) is 0 Å². The lowest BCUT2D eigenvalue weighted by atomic mass is 9.44. The maximum absolute atomic E-state index is 10.5. The normalized spacial score (nSPS) is 61.5. The van der Waals surface area contributed by atoms with Gasteiger partial charge in [-0.3, -0.25) is 0 Å². The van der Waals surface area contributed by atoms with Crippen molar-refractivity contribution >= 4 is 0 Å². The molecule has 3 saturated heterocycles. The average Bonchev–Trinajstić information content (AvgIpc) is 3.37. The molecule has 3 N–H and O–H groups in total. The van der Waals surface area contributed by atoms with Crippen molar-refractivity contribution in [1.82, 2.24) is 0 Å². The first kappa shape index (κ1) is 28.5. The summed E-state index contributed by atoms with van der Waals surface area (Å²) in [5.41, 5.74) is 0.675. The molecule has 40 heavy (non-hydrogen) atoms. The number of hydrogen-bond acceptors (Lipinski definition) is 7. The van der Waals surface area contributed by atoms with Crippen LogP contribution in [-0.2, 0) is 18.9 Å². The quantitative estimate of drug-likeness (QED) is 0.422. The molecular formula is C33H54O7. The Kier molecular flexibility index (Phi) is 7.03. The van der Waals surface area contributed by atoms with Crippen molar-refractivity contribution in [3.05, 3.63) is 0 Å². The Labute approximate surface area is 240 Å². The van der Waals surface area contributed by atoms with Crippen LogP contribution in [0.5, 0.6) is 0 Å². The summed E-state index contributed by atoms with van der Waals surface area (Å²) in [4.78, 5) is 0. The molecule has 0 aromatic carbocycles. The van der Waals surface area contributed by atoms with E-state index in [0.29, 0.717) is 40.6 Å². The standard InChI is InChI=1S/C33H54O7/c1-17-8-13-33(37-16-17)18(2)26-25(40-33)15-24-22-7-6-20-14-21(39-30-29(36)28(35)27(34)19(3)38-30)9-11-31(20,4)23(22)10-12-32(24,26)5/h17-30,34-36H,6-16H2,1-5H3/t17-,18+,19-,20?,21?,22?,23?,24?,25+,26+,27+,28+,29-,30+,31+,32+,33-/m1/s1. The number of hydrogen-bond donors (Lipinski definition) is 3. The summed E-state index contributed by atoms with van der Waals surface area (Å²) in [6.07, 6.45) is 7.12. The molecule has 7 fully saturated rings. The maximum atomic E-state index is 10.5. The molecule has 0 amide bonds. The largest absolute Gasteiger partial charge is 0.388 e. The highest BCUT2D eigenvalue weighted by Gasteiger charge is 2.69. The van der Waals surface area contributed by atoms with Crippen LogP contribution in [0.15, 0.2) is 0 Å². The van der Waals surface area contributed by atoms with Crippen LogP contribution >= 0.6 is 0 Å². The number of aliphatic hydroxyl groups is 3. The Bertz CT molecular complexity index is 951. The van der Waals surface area contributed by atoms with Gasteiger partial charge in [0.2, 0.25) is 0 Å². The molecule has 7 nitrogen and oxygen atoms in total. The Hall–Kier alpha value is -0.280. The summed E-state index contributed by atoms with van der Waals surface area (Å²) >= 11 is 0. The molecule has 228 valence electrons. The van der Waals surface area contributed by atoms with Gasteiger partial charge >= 0.3 is 0 Å². The van der Waals surface area contributed by atoms with Gasteiger partial charge in [-0.2, -0.15) is 0 Å². The molecule has 1 spiro atoms. The molecule has 17 atom stereocenters. The Balaban J connectivity index is 1.03. The van der Waals surface area contributed by atoms with E-state index in [2.05, 4.69) is 27.7 Å². The molecule has 7 rings (SSSR count). The molecule has 3 heterocycles. The Morgan fingerprint density at radius 3 is 2.30 bits per heavy atom. The van der Waals surface area contributed by atoms with E-state index in [4.69, 9.17) is 18.9 Å². The van der Waals surface area contributed by atoms with Crippen LogP contribution < -0.4 is 0 Å². The lowest BCUT2D eigenvalue weighted by molar-refractivity contribution is -0.309. The molecule has 7 heteroatoms. The molecular weight excluding hydrogens is 508 g/mol. The van der Waals surface area contributed by atoms with E-state index in [-0.39, 0.29) is 11.9 Å². The van der Waals surface area contributed by atoms with Gasteiger partial charge in [0.1, 0.15) is 18.3 Å². The maximum Gasteiger partial charge on any atom is 0.186 e. The zero-order valence-electron chi connectivity index (χ0n) is 25.3. The first-order chi connectivity index (χ1) is 19.0. The van der Waals surface area contributed by atoms with Gasteiger partial charge in [0.25, 0.3) is 0 Å². The third-order valence-electron chi connectivity index (χ3n) is 14.0. The van der Waals surface area contributed by atoms with E-state index in [1.807, 2.05) is 0 Å². The lowest BCUT2D eigenvalue weighted by Crippen LogP contribution is -2.59. The van der Waals surface area contributed by atoms with Crippen LogP contribution in [0.2, 0.25) is 0 Å². The van der Waals surface area contributed by atoms with Gasteiger partial charge in [0.05, 0.1) is 24.9 Å². The minimum absolute atomic E-state index is 0.0206. The second-order valence-corrected chi connectivity index (χ2v) is 15.9. The van der Waals surface area contributed by atoms with Crippen LogP contribution in [0.1, 0.15) is 98.8 Å². The molecule has 7 aliphatic rings. The summed E-state index contributed by atoms with van der Waals surface area (Å²) in [6, 6.07) is 0. The minimum Gasteiger partial charge on any atom is -0.388 e. The lowest BCUT2D eigenvalue weighted by Gasteiger charge is -2.61. The fourth-order valence-electron chi connectivity index (χ4n) is 11.7. The van der Waals surface area contributed by atoms with Crippen LogP contribution in [-0.4, -0.2) is 70.6 Å². The summed E-state index contributed by atoms with van der Waals surface area (Å²) in [7, 11) is 0. The first-order valence-corrected chi connectivity index (χ1v) is 16.6. The van der Waals surface area contributed by atoms with E-state index in [1.165, 1.54) is 38.5 Å². The van der Waals surface area contributed by atoms with E-state index >= 15 is 0 Å². The highest BCUT2D eigenvalue weighted by atomic mass is 16.7. The third kappa shape index (κ3) is 4.07. The number of rotatable bonds is 2. The van der Waals surface area contributed by atoms with Crippen molar-refractivity contribution in [3.63, 3.8) is 0 Å². The van der Waals surface area contributed by atoms with Gasteiger partial charge in [0.15, 0.2) is 12.1 Å². The molecule has 0 radical (unpaired) electrons. The number of ether oxygens (including phenoxy) is 4. The molecule has 4 saturated carbocycles. The summed E-state index contributed by atoms with van der Waals surface area (Å²) in [5.74, 6) is 4.28. The molecule has 0 aromatic rings. The van der Waals surface area contributed by atoms with Crippen LogP contribution in [0.3, 0.4) is 0 Å². The first-order valence-electron chi connectivity index (χ1n) is 16.6. The van der Waals surface area contributed by atoms with E-state index < -0.39 is 30.7 Å². The van der Waals surface area contributed by atoms with Crippen molar-refractivity contribution < 1.29 is 34.3 Å². The topological polar surface area (TPSA) is 97.6 Å². The smallest absolute Gasteiger partial charge is 0.186 e. The minimum atomic E-state index is -1.24. The van der Waals surface area contributed by atoms with Crippen LogP contribution in [0.25, 0.3) is 0 Å². The predicted molar refractivity (Wildman–Crippen MR) is 149 cm³/mol. The fourth-order valence-corrected chi connectivity index (χ4v) is 11.7.